The summed E-state index contributed by atoms with van der Waals surface area (Å²) in [6.07, 6.45) is 4.71. The lowest BCUT2D eigenvalue weighted by molar-refractivity contribution is 0.393. The summed E-state index contributed by atoms with van der Waals surface area (Å²) in [7, 11) is 0. The Bertz CT molecular complexity index is 299. The third-order valence-corrected chi connectivity index (χ3v) is 1.32. The van der Waals surface area contributed by atoms with E-state index in [4.69, 9.17) is 0 Å². The normalized spacial score (nSPS) is 8.31. The molecule has 0 aliphatic carbocycles. The van der Waals surface area contributed by atoms with Crippen molar-refractivity contribution in [3.8, 4) is 0 Å². The van der Waals surface area contributed by atoms with Gasteiger partial charge in [0.15, 0.2) is 0 Å². The first kappa shape index (κ1) is 9.19. The van der Waals surface area contributed by atoms with Crippen LogP contribution in [0.2, 0.25) is 0 Å². The van der Waals surface area contributed by atoms with Gasteiger partial charge in [0.1, 0.15) is 6.26 Å². The van der Waals surface area contributed by atoms with Crippen LogP contribution in [0.1, 0.15) is 5.56 Å². The lowest BCUT2D eigenvalue weighted by atomic mass is 10.2. The van der Waals surface area contributed by atoms with E-state index in [1.165, 1.54) is 18.0 Å². The zero-order chi connectivity index (χ0) is 9.36. The fourth-order valence-electron chi connectivity index (χ4n) is 0.725. The maximum absolute atomic E-state index is 4.22. The molecule has 1 aromatic carbocycles. The number of aromatic nitrogens is 2. The highest BCUT2D eigenvalue weighted by atomic mass is 16.5. The van der Waals surface area contributed by atoms with Gasteiger partial charge in [-0.05, 0) is 5.56 Å². The van der Waals surface area contributed by atoms with Gasteiger partial charge in [-0.25, -0.2) is 0 Å². The molecule has 0 amide bonds. The number of hydrogen-bond donors (Lipinski definition) is 0. The largest absolute Gasteiger partial charge is 0.346 e. The van der Waals surface area contributed by atoms with Crippen LogP contribution in [0.3, 0.4) is 0 Å². The molecule has 2 rings (SSSR count). The van der Waals surface area contributed by atoms with Gasteiger partial charge in [0.2, 0.25) is 0 Å². The molecule has 0 bridgehead atoms. The molecule has 13 heavy (non-hydrogen) atoms. The van der Waals surface area contributed by atoms with E-state index < -0.39 is 0 Å². The van der Waals surface area contributed by atoms with Gasteiger partial charge in [-0.1, -0.05) is 43.0 Å². The summed E-state index contributed by atoms with van der Waals surface area (Å²) < 4.78 is 4.22. The molecule has 0 N–H and O–H groups in total. The maximum Gasteiger partial charge on any atom is 0.144 e. The van der Waals surface area contributed by atoms with Crippen molar-refractivity contribution >= 4 is 6.08 Å². The molecule has 2 aromatic rings. The number of rotatable bonds is 1. The minimum atomic E-state index is 1.17. The Kier molecular flexibility index (Phi) is 4.04. The van der Waals surface area contributed by atoms with Crippen molar-refractivity contribution in [3.63, 3.8) is 0 Å². The molecule has 0 fully saturated rings. The third-order valence-electron chi connectivity index (χ3n) is 1.32. The van der Waals surface area contributed by atoms with Gasteiger partial charge in [-0.3, -0.25) is 0 Å². The standard InChI is InChI=1S/C8H8.C2H2N2O/c1-2-8-6-4-3-5-7-8;1-2-5-4-3-1/h2-7H,1H2;1-2H. The maximum atomic E-state index is 4.22. The van der Waals surface area contributed by atoms with Gasteiger partial charge in [-0.15, -0.1) is 5.10 Å². The summed E-state index contributed by atoms with van der Waals surface area (Å²) in [6, 6.07) is 10.0. The molecular weight excluding hydrogens is 164 g/mol. The van der Waals surface area contributed by atoms with Crippen molar-refractivity contribution < 1.29 is 4.52 Å². The third kappa shape index (κ3) is 3.86. The smallest absolute Gasteiger partial charge is 0.144 e. The van der Waals surface area contributed by atoms with Crippen LogP contribution in [0.5, 0.6) is 0 Å². The zero-order valence-corrected chi connectivity index (χ0v) is 7.13. The molecule has 0 spiro atoms. The van der Waals surface area contributed by atoms with Gasteiger partial charge in [-0.2, -0.15) is 0 Å². The second kappa shape index (κ2) is 5.71. The van der Waals surface area contributed by atoms with E-state index in [0.29, 0.717) is 0 Å². The molecule has 0 aliphatic rings. The highest BCUT2D eigenvalue weighted by molar-refractivity contribution is 5.45. The first-order chi connectivity index (χ1) is 6.43. The molecule has 0 radical (unpaired) electrons. The van der Waals surface area contributed by atoms with Crippen molar-refractivity contribution in [2.24, 2.45) is 0 Å². The molecule has 0 aliphatic heterocycles. The highest BCUT2D eigenvalue weighted by Crippen LogP contribution is 1.97. The Morgan fingerprint density at radius 2 is 2.00 bits per heavy atom. The van der Waals surface area contributed by atoms with E-state index in [2.05, 4.69) is 21.5 Å². The van der Waals surface area contributed by atoms with Crippen molar-refractivity contribution in [2.45, 2.75) is 0 Å². The van der Waals surface area contributed by atoms with Crippen LogP contribution >= 0.6 is 0 Å². The second-order valence-corrected chi connectivity index (χ2v) is 2.20. The van der Waals surface area contributed by atoms with Gasteiger partial charge in [0.05, 0.1) is 6.20 Å². The molecule has 66 valence electrons. The van der Waals surface area contributed by atoms with Crippen LogP contribution in [-0.4, -0.2) is 10.4 Å². The van der Waals surface area contributed by atoms with Gasteiger partial charge in [0, 0.05) is 5.27 Å². The Hall–Kier alpha value is -1.90. The summed E-state index contributed by atoms with van der Waals surface area (Å²) in [4.78, 5) is 0. The SMILES string of the molecule is C=Cc1ccccc1.c1conn1. The Labute approximate surface area is 76.7 Å². The summed E-state index contributed by atoms with van der Waals surface area (Å²) in [5.41, 5.74) is 1.17. The predicted octanol–water partition coefficient (Wildman–Crippen LogP) is 2.40. The van der Waals surface area contributed by atoms with Crippen LogP contribution in [0, 0.1) is 0 Å². The minimum absolute atomic E-state index is 1.17. The van der Waals surface area contributed by atoms with Crippen molar-refractivity contribution in [3.05, 3.63) is 54.9 Å². The Balaban J connectivity index is 0.000000145. The highest BCUT2D eigenvalue weighted by Gasteiger charge is 1.75. The molecule has 0 saturated carbocycles. The molecule has 3 heteroatoms. The average Bonchev–Trinajstić information content (AvgIpc) is 2.77. The molecule has 0 unspecified atom stereocenters. The summed E-state index contributed by atoms with van der Waals surface area (Å²) in [5.74, 6) is 0. The second-order valence-electron chi connectivity index (χ2n) is 2.20. The Morgan fingerprint density at radius 1 is 1.23 bits per heavy atom. The van der Waals surface area contributed by atoms with Crippen LogP contribution in [0.15, 0.2) is 53.9 Å². The fourth-order valence-corrected chi connectivity index (χ4v) is 0.725. The first-order valence-electron chi connectivity index (χ1n) is 3.82. The quantitative estimate of drug-likeness (QED) is 0.666. The molecular formula is C10H10N2O. The topological polar surface area (TPSA) is 38.9 Å². The molecule has 0 saturated heterocycles. The van der Waals surface area contributed by atoms with Gasteiger partial charge < -0.3 is 4.52 Å². The van der Waals surface area contributed by atoms with Crippen molar-refractivity contribution in [2.75, 3.05) is 0 Å². The fraction of sp³-hybridized carbons (Fsp3) is 0. The van der Waals surface area contributed by atoms with E-state index in [1.54, 1.807) is 0 Å². The van der Waals surface area contributed by atoms with Crippen LogP contribution in [0.25, 0.3) is 6.08 Å². The van der Waals surface area contributed by atoms with Crippen LogP contribution < -0.4 is 0 Å². The monoisotopic (exact) mass is 174 g/mol. The van der Waals surface area contributed by atoms with Crippen LogP contribution in [-0.2, 0) is 0 Å². The number of benzene rings is 1. The average molecular weight is 174 g/mol. The Morgan fingerprint density at radius 3 is 2.31 bits per heavy atom. The molecule has 1 heterocycles. The summed E-state index contributed by atoms with van der Waals surface area (Å²) in [6.45, 7) is 3.63. The summed E-state index contributed by atoms with van der Waals surface area (Å²) >= 11 is 0. The minimum Gasteiger partial charge on any atom is -0.346 e. The van der Waals surface area contributed by atoms with Crippen molar-refractivity contribution in [1.29, 1.82) is 0 Å². The van der Waals surface area contributed by atoms with Crippen molar-refractivity contribution in [1.82, 2.24) is 10.4 Å². The molecule has 1 aromatic heterocycles. The number of nitrogens with zero attached hydrogens (tertiary/aromatic N) is 2. The van der Waals surface area contributed by atoms with E-state index in [9.17, 15) is 0 Å². The van der Waals surface area contributed by atoms with E-state index >= 15 is 0 Å². The van der Waals surface area contributed by atoms with Gasteiger partial charge >= 0.3 is 0 Å². The van der Waals surface area contributed by atoms with E-state index in [1.807, 2.05) is 36.4 Å². The summed E-state index contributed by atoms with van der Waals surface area (Å²) in [5, 5.41) is 6.40. The lowest BCUT2D eigenvalue weighted by Gasteiger charge is -1.85. The van der Waals surface area contributed by atoms with Crippen LogP contribution in [0.4, 0.5) is 0 Å². The van der Waals surface area contributed by atoms with E-state index in [-0.39, 0.29) is 0 Å². The zero-order valence-electron chi connectivity index (χ0n) is 7.13. The molecule has 0 atom stereocenters. The lowest BCUT2D eigenvalue weighted by Crippen LogP contribution is -1.63. The first-order valence-corrected chi connectivity index (χ1v) is 3.82. The van der Waals surface area contributed by atoms with E-state index in [0.717, 1.165) is 0 Å². The predicted molar refractivity (Wildman–Crippen MR) is 50.8 cm³/mol. The van der Waals surface area contributed by atoms with Gasteiger partial charge in [0.25, 0.3) is 0 Å². The number of hydrogen-bond acceptors (Lipinski definition) is 3. The molecule has 3 nitrogen and oxygen atoms in total.